The molecule has 0 rings (SSSR count). The number of ether oxygens (including phenoxy) is 3. The molecule has 468 valence electrons. The molecule has 0 aliphatic heterocycles. The summed E-state index contributed by atoms with van der Waals surface area (Å²) in [6, 6.07) is 0. The quantitative estimate of drug-likeness (QED) is 0.0261. The average Bonchev–Trinajstić information content (AvgIpc) is 3.47. The van der Waals surface area contributed by atoms with Gasteiger partial charge in [-0.3, -0.25) is 14.4 Å². The lowest BCUT2D eigenvalue weighted by Gasteiger charge is -2.18. The van der Waals surface area contributed by atoms with Crippen molar-refractivity contribution in [2.45, 2.75) is 329 Å². The predicted molar refractivity (Wildman–Crippen MR) is 357 cm³/mol. The lowest BCUT2D eigenvalue weighted by Crippen LogP contribution is -2.30. The van der Waals surface area contributed by atoms with Crippen molar-refractivity contribution in [2.24, 2.45) is 0 Å². The molecule has 82 heavy (non-hydrogen) atoms. The van der Waals surface area contributed by atoms with E-state index >= 15 is 0 Å². The molecule has 1 atom stereocenters. The Morgan fingerprint density at radius 1 is 0.256 bits per heavy atom. The molecule has 0 aromatic rings. The van der Waals surface area contributed by atoms with Gasteiger partial charge < -0.3 is 14.2 Å². The molecule has 0 bridgehead atoms. The monoisotopic (exact) mass is 1140 g/mol. The Morgan fingerprint density at radius 3 is 0.793 bits per heavy atom. The molecule has 0 fully saturated rings. The van der Waals surface area contributed by atoms with Crippen LogP contribution in [0.5, 0.6) is 0 Å². The summed E-state index contributed by atoms with van der Waals surface area (Å²) < 4.78 is 16.9. The van der Waals surface area contributed by atoms with E-state index < -0.39 is 6.10 Å². The van der Waals surface area contributed by atoms with E-state index in [0.29, 0.717) is 19.3 Å². The van der Waals surface area contributed by atoms with Crippen LogP contribution in [-0.4, -0.2) is 37.2 Å². The van der Waals surface area contributed by atoms with Crippen LogP contribution in [0.25, 0.3) is 0 Å². The van der Waals surface area contributed by atoms with E-state index in [1.54, 1.807) is 0 Å². The van der Waals surface area contributed by atoms with Crippen LogP contribution >= 0.6 is 0 Å². The van der Waals surface area contributed by atoms with Crippen molar-refractivity contribution in [1.29, 1.82) is 0 Å². The Bertz CT molecular complexity index is 1690. The SMILES string of the molecule is CC/C=C\C/C=C\C/C=C\C/C=C\C/C=C\C/C=C\C/C=C\C/C=C\C/C=C\CCCCCC(=O)OCC(COC(=O)CCCCCCC/C=C\CCCCC)OC(=O)CCCCCCCCCCCCCCCCCCCCCCC. The van der Waals surface area contributed by atoms with Gasteiger partial charge in [0.1, 0.15) is 13.2 Å². The van der Waals surface area contributed by atoms with Crippen molar-refractivity contribution in [3.8, 4) is 0 Å². The molecule has 0 aromatic carbocycles. The number of hydrogen-bond donors (Lipinski definition) is 0. The fourth-order valence-corrected chi connectivity index (χ4v) is 9.55. The first-order valence-corrected chi connectivity index (χ1v) is 34.5. The Morgan fingerprint density at radius 2 is 0.476 bits per heavy atom. The van der Waals surface area contributed by atoms with Crippen LogP contribution in [0.3, 0.4) is 0 Å². The third kappa shape index (κ3) is 66.6. The fourth-order valence-electron chi connectivity index (χ4n) is 9.55. The second-order valence-corrected chi connectivity index (χ2v) is 22.7. The zero-order valence-electron chi connectivity index (χ0n) is 53.7. The molecule has 0 heterocycles. The molecule has 1 unspecified atom stereocenters. The third-order valence-corrected chi connectivity index (χ3v) is 14.7. The second kappa shape index (κ2) is 69.3. The molecular formula is C76H128O6. The van der Waals surface area contributed by atoms with Crippen molar-refractivity contribution < 1.29 is 28.6 Å². The molecule has 0 spiro atoms. The summed E-state index contributed by atoms with van der Waals surface area (Å²) in [5, 5.41) is 0. The van der Waals surface area contributed by atoms with Crippen molar-refractivity contribution in [2.75, 3.05) is 13.2 Å². The topological polar surface area (TPSA) is 78.9 Å². The minimum Gasteiger partial charge on any atom is -0.462 e. The molecule has 0 radical (unpaired) electrons. The Labute approximate surface area is 507 Å². The first kappa shape index (κ1) is 77.8. The average molecular weight is 1140 g/mol. The highest BCUT2D eigenvalue weighted by atomic mass is 16.6. The van der Waals surface area contributed by atoms with Gasteiger partial charge in [0.15, 0.2) is 6.10 Å². The van der Waals surface area contributed by atoms with Gasteiger partial charge in [-0.2, -0.15) is 0 Å². The standard InChI is InChI=1S/C76H128O6/c1-4-7-10-13-16-19-22-25-27-29-31-33-34-35-36-37-38-39-40-41-42-44-45-47-49-51-54-57-60-63-66-69-75(78)81-72-73(71-80-74(77)68-65-62-59-56-53-24-21-18-15-12-9-6-3)82-76(79)70-67-64-61-58-55-52-50-48-46-43-32-30-28-26-23-20-17-14-11-8-5-2/h7,10,16,18-19,21,25,27,31,33,35-36,38-39,41-42,45,47,51,54,73H,4-6,8-9,11-15,17,20,22-24,26,28-30,32,34,37,40,43-44,46,48-50,52-53,55-72H2,1-3H3/b10-7-,19-16-,21-18-,27-25-,33-31-,36-35-,39-38-,42-41-,47-45-,54-51-. The second-order valence-electron chi connectivity index (χ2n) is 22.7. The van der Waals surface area contributed by atoms with E-state index in [4.69, 9.17) is 14.2 Å². The zero-order chi connectivity index (χ0) is 59.2. The summed E-state index contributed by atoms with van der Waals surface area (Å²) in [5.41, 5.74) is 0. The van der Waals surface area contributed by atoms with Crippen LogP contribution in [0, 0.1) is 0 Å². The maximum atomic E-state index is 12.9. The summed E-state index contributed by atoms with van der Waals surface area (Å²) in [6.07, 6.45) is 96.5. The maximum Gasteiger partial charge on any atom is 0.306 e. The fraction of sp³-hybridized carbons (Fsp3) is 0.697. The summed E-state index contributed by atoms with van der Waals surface area (Å²) in [7, 11) is 0. The van der Waals surface area contributed by atoms with E-state index in [1.165, 1.54) is 154 Å². The van der Waals surface area contributed by atoms with Crippen molar-refractivity contribution in [3.05, 3.63) is 122 Å². The number of carbonyl (C=O) groups is 3. The van der Waals surface area contributed by atoms with Crippen molar-refractivity contribution in [3.63, 3.8) is 0 Å². The Balaban J connectivity index is 4.35. The summed E-state index contributed by atoms with van der Waals surface area (Å²) in [4.78, 5) is 38.3. The van der Waals surface area contributed by atoms with Gasteiger partial charge in [0.25, 0.3) is 0 Å². The van der Waals surface area contributed by atoms with Crippen molar-refractivity contribution in [1.82, 2.24) is 0 Å². The molecule has 0 aromatic heterocycles. The summed E-state index contributed by atoms with van der Waals surface area (Å²) >= 11 is 0. The van der Waals surface area contributed by atoms with Crippen LogP contribution in [0.4, 0.5) is 0 Å². The Hall–Kier alpha value is -4.19. The molecule has 0 amide bonds. The minimum atomic E-state index is -0.797. The zero-order valence-corrected chi connectivity index (χ0v) is 53.7. The van der Waals surface area contributed by atoms with E-state index in [2.05, 4.69) is 142 Å². The molecular weight excluding hydrogens is 1010 g/mol. The van der Waals surface area contributed by atoms with E-state index in [0.717, 1.165) is 128 Å². The molecule has 0 N–H and O–H groups in total. The summed E-state index contributed by atoms with van der Waals surface area (Å²) in [6.45, 7) is 6.50. The van der Waals surface area contributed by atoms with Gasteiger partial charge in [-0.25, -0.2) is 0 Å². The number of carbonyl (C=O) groups excluding carboxylic acids is 3. The summed E-state index contributed by atoms with van der Waals surface area (Å²) in [5.74, 6) is -0.924. The van der Waals surface area contributed by atoms with Gasteiger partial charge in [-0.15, -0.1) is 0 Å². The molecule has 0 saturated carbocycles. The van der Waals surface area contributed by atoms with Gasteiger partial charge in [-0.1, -0.05) is 309 Å². The molecule has 6 nitrogen and oxygen atoms in total. The van der Waals surface area contributed by atoms with E-state index in [-0.39, 0.29) is 31.1 Å². The van der Waals surface area contributed by atoms with Gasteiger partial charge >= 0.3 is 17.9 Å². The smallest absolute Gasteiger partial charge is 0.306 e. The maximum absolute atomic E-state index is 12.9. The lowest BCUT2D eigenvalue weighted by molar-refractivity contribution is -0.167. The molecule has 0 aliphatic carbocycles. The number of unbranched alkanes of at least 4 members (excludes halogenated alkanes) is 31. The molecule has 6 heteroatoms. The number of rotatable bonds is 62. The normalized spacial score (nSPS) is 12.9. The van der Waals surface area contributed by atoms with E-state index in [9.17, 15) is 14.4 Å². The highest BCUT2D eigenvalue weighted by Gasteiger charge is 2.19. The van der Waals surface area contributed by atoms with Crippen LogP contribution < -0.4 is 0 Å². The first-order valence-electron chi connectivity index (χ1n) is 34.5. The number of hydrogen-bond acceptors (Lipinski definition) is 6. The van der Waals surface area contributed by atoms with Gasteiger partial charge in [0, 0.05) is 19.3 Å². The van der Waals surface area contributed by atoms with Crippen LogP contribution in [0.2, 0.25) is 0 Å². The number of allylic oxidation sites excluding steroid dienone is 20. The predicted octanol–water partition coefficient (Wildman–Crippen LogP) is 23.9. The van der Waals surface area contributed by atoms with Crippen molar-refractivity contribution >= 4 is 17.9 Å². The van der Waals surface area contributed by atoms with Crippen LogP contribution in [-0.2, 0) is 28.6 Å². The number of esters is 3. The molecule has 0 aliphatic rings. The van der Waals surface area contributed by atoms with E-state index in [1.807, 2.05) is 0 Å². The van der Waals surface area contributed by atoms with Crippen LogP contribution in [0.1, 0.15) is 323 Å². The molecule has 0 saturated heterocycles. The van der Waals surface area contributed by atoms with Gasteiger partial charge in [-0.05, 0) is 116 Å². The highest BCUT2D eigenvalue weighted by Crippen LogP contribution is 2.17. The Kier molecular flexibility index (Phi) is 65.8. The minimum absolute atomic E-state index is 0.0922. The van der Waals surface area contributed by atoms with Gasteiger partial charge in [0.05, 0.1) is 0 Å². The van der Waals surface area contributed by atoms with Gasteiger partial charge in [0.2, 0.25) is 0 Å². The van der Waals surface area contributed by atoms with Crippen LogP contribution in [0.15, 0.2) is 122 Å². The highest BCUT2D eigenvalue weighted by molar-refractivity contribution is 5.71. The first-order chi connectivity index (χ1) is 40.5. The lowest BCUT2D eigenvalue weighted by atomic mass is 10.0. The third-order valence-electron chi connectivity index (χ3n) is 14.7. The largest absolute Gasteiger partial charge is 0.462 e.